The van der Waals surface area contributed by atoms with E-state index in [0.29, 0.717) is 6.54 Å². The second-order valence-electron chi connectivity index (χ2n) is 6.21. The molecule has 3 heterocycles. The third-order valence-electron chi connectivity index (χ3n) is 4.33. The molecule has 0 amide bonds. The Balaban J connectivity index is 1.78. The summed E-state index contributed by atoms with van der Waals surface area (Å²) in [6, 6.07) is 7.00. The zero-order valence-corrected chi connectivity index (χ0v) is 14.5. The van der Waals surface area contributed by atoms with Crippen LogP contribution in [0.4, 0.5) is 17.3 Å². The fourth-order valence-electron chi connectivity index (χ4n) is 2.88. The van der Waals surface area contributed by atoms with Crippen LogP contribution in [0.5, 0.6) is 0 Å². The van der Waals surface area contributed by atoms with Crippen LogP contribution in [0, 0.1) is 17.0 Å². The van der Waals surface area contributed by atoms with Crippen LogP contribution in [0.15, 0.2) is 30.5 Å². The predicted molar refractivity (Wildman–Crippen MR) is 96.9 cm³/mol. The molecule has 0 aromatic carbocycles. The molecule has 2 aromatic heterocycles. The SMILES string of the molecule is Cc1ccc([N+](=O)[O-])c(NCc2cccnc2N2CCN(C)CC2)n1. The molecule has 1 aliphatic heterocycles. The van der Waals surface area contributed by atoms with Gasteiger partial charge in [-0.2, -0.15) is 0 Å². The summed E-state index contributed by atoms with van der Waals surface area (Å²) in [6.07, 6.45) is 1.78. The molecule has 25 heavy (non-hydrogen) atoms. The number of pyridine rings is 2. The van der Waals surface area contributed by atoms with Crippen LogP contribution < -0.4 is 10.2 Å². The molecule has 0 saturated carbocycles. The lowest BCUT2D eigenvalue weighted by Crippen LogP contribution is -2.45. The van der Waals surface area contributed by atoms with Crippen molar-refractivity contribution in [3.05, 3.63) is 51.8 Å². The highest BCUT2D eigenvalue weighted by Crippen LogP contribution is 2.24. The molecule has 2 aromatic rings. The van der Waals surface area contributed by atoms with Crippen molar-refractivity contribution in [1.82, 2.24) is 14.9 Å². The van der Waals surface area contributed by atoms with Crippen molar-refractivity contribution in [1.29, 1.82) is 0 Å². The van der Waals surface area contributed by atoms with E-state index in [2.05, 4.69) is 32.1 Å². The molecule has 0 aliphatic carbocycles. The molecular formula is C17H22N6O2. The van der Waals surface area contributed by atoms with Gasteiger partial charge in [-0.3, -0.25) is 10.1 Å². The van der Waals surface area contributed by atoms with Crippen molar-refractivity contribution in [2.24, 2.45) is 0 Å². The lowest BCUT2D eigenvalue weighted by molar-refractivity contribution is -0.384. The first-order valence-corrected chi connectivity index (χ1v) is 8.28. The van der Waals surface area contributed by atoms with Crippen LogP contribution in [-0.4, -0.2) is 53.0 Å². The van der Waals surface area contributed by atoms with Crippen LogP contribution >= 0.6 is 0 Å². The number of nitrogens with one attached hydrogen (secondary N) is 1. The van der Waals surface area contributed by atoms with Crippen molar-refractivity contribution in [2.75, 3.05) is 43.4 Å². The fraction of sp³-hybridized carbons (Fsp3) is 0.412. The van der Waals surface area contributed by atoms with Gasteiger partial charge in [0.2, 0.25) is 5.82 Å². The second-order valence-corrected chi connectivity index (χ2v) is 6.21. The van der Waals surface area contributed by atoms with E-state index in [9.17, 15) is 10.1 Å². The van der Waals surface area contributed by atoms with Gasteiger partial charge < -0.3 is 15.1 Å². The number of hydrogen-bond acceptors (Lipinski definition) is 7. The highest BCUT2D eigenvalue weighted by molar-refractivity contribution is 5.57. The average Bonchev–Trinajstić information content (AvgIpc) is 2.61. The summed E-state index contributed by atoms with van der Waals surface area (Å²) < 4.78 is 0. The molecule has 8 heteroatoms. The molecule has 1 saturated heterocycles. The number of nitrogens with zero attached hydrogens (tertiary/aromatic N) is 5. The van der Waals surface area contributed by atoms with Gasteiger partial charge in [-0.05, 0) is 26.1 Å². The smallest absolute Gasteiger partial charge is 0.311 e. The number of nitro groups is 1. The molecule has 0 radical (unpaired) electrons. The molecule has 1 aliphatic rings. The molecule has 1 N–H and O–H groups in total. The largest absolute Gasteiger partial charge is 0.360 e. The molecule has 0 atom stereocenters. The van der Waals surface area contributed by atoms with E-state index in [1.54, 1.807) is 12.3 Å². The molecule has 8 nitrogen and oxygen atoms in total. The first-order valence-electron chi connectivity index (χ1n) is 8.28. The third-order valence-corrected chi connectivity index (χ3v) is 4.33. The van der Waals surface area contributed by atoms with Gasteiger partial charge in [0, 0.05) is 56.2 Å². The van der Waals surface area contributed by atoms with E-state index in [-0.39, 0.29) is 11.5 Å². The number of likely N-dealkylation sites (N-methyl/N-ethyl adjacent to an activating group) is 1. The average molecular weight is 342 g/mol. The van der Waals surface area contributed by atoms with Crippen LogP contribution in [0.1, 0.15) is 11.3 Å². The van der Waals surface area contributed by atoms with E-state index >= 15 is 0 Å². The summed E-state index contributed by atoms with van der Waals surface area (Å²) in [5.41, 5.74) is 1.72. The van der Waals surface area contributed by atoms with Crippen LogP contribution in [0.2, 0.25) is 0 Å². The third kappa shape index (κ3) is 4.03. The molecule has 1 fully saturated rings. The Kier molecular flexibility index (Phi) is 5.08. The maximum Gasteiger partial charge on any atom is 0.311 e. The summed E-state index contributed by atoms with van der Waals surface area (Å²) in [5.74, 6) is 1.22. The number of piperazine rings is 1. The van der Waals surface area contributed by atoms with Gasteiger partial charge in [0.25, 0.3) is 0 Å². The Labute approximate surface area is 146 Å². The molecule has 3 rings (SSSR count). The van der Waals surface area contributed by atoms with E-state index in [1.807, 2.05) is 19.1 Å². The summed E-state index contributed by atoms with van der Waals surface area (Å²) in [7, 11) is 2.11. The highest BCUT2D eigenvalue weighted by Gasteiger charge is 2.19. The minimum Gasteiger partial charge on any atom is -0.360 e. The molecule has 0 spiro atoms. The first kappa shape index (κ1) is 17.1. The van der Waals surface area contributed by atoms with Crippen molar-refractivity contribution in [2.45, 2.75) is 13.5 Å². The van der Waals surface area contributed by atoms with Gasteiger partial charge in [0.1, 0.15) is 5.82 Å². The van der Waals surface area contributed by atoms with Crippen molar-refractivity contribution in [3.63, 3.8) is 0 Å². The minimum atomic E-state index is -0.417. The van der Waals surface area contributed by atoms with Gasteiger partial charge >= 0.3 is 5.69 Å². The van der Waals surface area contributed by atoms with Crippen LogP contribution in [-0.2, 0) is 6.54 Å². The van der Waals surface area contributed by atoms with Gasteiger partial charge in [0.05, 0.1) is 4.92 Å². The Morgan fingerprint density at radius 2 is 2.00 bits per heavy atom. The van der Waals surface area contributed by atoms with E-state index < -0.39 is 4.92 Å². The predicted octanol–water partition coefficient (Wildman–Crippen LogP) is 2.06. The number of aromatic nitrogens is 2. The summed E-state index contributed by atoms with van der Waals surface area (Å²) in [4.78, 5) is 24.1. The summed E-state index contributed by atoms with van der Waals surface area (Å²) >= 11 is 0. The number of rotatable bonds is 5. The van der Waals surface area contributed by atoms with Crippen molar-refractivity contribution < 1.29 is 4.92 Å². The number of aryl methyl sites for hydroxylation is 1. The van der Waals surface area contributed by atoms with Gasteiger partial charge in [-0.25, -0.2) is 9.97 Å². The Morgan fingerprint density at radius 3 is 2.72 bits per heavy atom. The molecule has 132 valence electrons. The monoisotopic (exact) mass is 342 g/mol. The fourth-order valence-corrected chi connectivity index (χ4v) is 2.88. The topological polar surface area (TPSA) is 87.4 Å². The molecule has 0 unspecified atom stereocenters. The van der Waals surface area contributed by atoms with Crippen molar-refractivity contribution in [3.8, 4) is 0 Å². The van der Waals surface area contributed by atoms with Crippen LogP contribution in [0.3, 0.4) is 0 Å². The first-order chi connectivity index (χ1) is 12.0. The number of hydrogen-bond donors (Lipinski definition) is 1. The zero-order valence-electron chi connectivity index (χ0n) is 14.5. The van der Waals surface area contributed by atoms with Gasteiger partial charge in [0.15, 0.2) is 0 Å². The summed E-state index contributed by atoms with van der Waals surface area (Å²) in [5, 5.41) is 14.3. The van der Waals surface area contributed by atoms with Gasteiger partial charge in [-0.15, -0.1) is 0 Å². The molecule has 0 bridgehead atoms. The Bertz CT molecular complexity index is 759. The minimum absolute atomic E-state index is 0.0179. The van der Waals surface area contributed by atoms with E-state index in [4.69, 9.17) is 0 Å². The quantitative estimate of drug-likeness (QED) is 0.657. The summed E-state index contributed by atoms with van der Waals surface area (Å²) in [6.45, 7) is 6.08. The highest BCUT2D eigenvalue weighted by atomic mass is 16.6. The van der Waals surface area contributed by atoms with E-state index in [0.717, 1.165) is 43.3 Å². The van der Waals surface area contributed by atoms with E-state index in [1.165, 1.54) is 6.07 Å². The Morgan fingerprint density at radius 1 is 1.24 bits per heavy atom. The maximum atomic E-state index is 11.2. The lowest BCUT2D eigenvalue weighted by atomic mass is 10.2. The van der Waals surface area contributed by atoms with Crippen molar-refractivity contribution >= 4 is 17.3 Å². The second kappa shape index (κ2) is 7.43. The van der Waals surface area contributed by atoms with Crippen LogP contribution in [0.25, 0.3) is 0 Å². The zero-order chi connectivity index (χ0) is 17.8. The van der Waals surface area contributed by atoms with Gasteiger partial charge in [-0.1, -0.05) is 6.07 Å². The number of anilines is 2. The maximum absolute atomic E-state index is 11.2. The lowest BCUT2D eigenvalue weighted by Gasteiger charge is -2.34. The normalized spacial score (nSPS) is 15.2. The standard InChI is InChI=1S/C17H22N6O2/c1-13-5-6-15(23(24)25)16(20-13)19-12-14-4-3-7-18-17(14)22-10-8-21(2)9-11-22/h3-7H,8-12H2,1-2H3,(H,19,20). The molecular weight excluding hydrogens is 320 g/mol. The Hall–Kier alpha value is -2.74.